The van der Waals surface area contributed by atoms with Gasteiger partial charge in [-0.1, -0.05) is 11.6 Å². The van der Waals surface area contributed by atoms with E-state index in [0.29, 0.717) is 21.7 Å². The molecule has 0 unspecified atom stereocenters. The summed E-state index contributed by atoms with van der Waals surface area (Å²) in [5.74, 6) is 0. The number of carbonyl (C=O) groups excluding carboxylic acids is 1. The van der Waals surface area contributed by atoms with Crippen molar-refractivity contribution in [2.24, 2.45) is 0 Å². The van der Waals surface area contributed by atoms with Crippen molar-refractivity contribution in [1.29, 1.82) is 0 Å². The first-order valence-electron chi connectivity index (χ1n) is 5.48. The van der Waals surface area contributed by atoms with Crippen LogP contribution >= 0.6 is 11.6 Å². The molecule has 0 saturated carbocycles. The van der Waals surface area contributed by atoms with Gasteiger partial charge in [0.25, 0.3) is 0 Å². The van der Waals surface area contributed by atoms with Crippen LogP contribution in [0.5, 0.6) is 0 Å². The number of H-pyrrole nitrogens is 1. The second-order valence-electron chi connectivity index (χ2n) is 4.85. The molecule has 0 fully saturated rings. The van der Waals surface area contributed by atoms with Crippen LogP contribution in [0.1, 0.15) is 20.8 Å². The minimum absolute atomic E-state index is 0.523. The van der Waals surface area contributed by atoms with Crippen molar-refractivity contribution in [2.45, 2.75) is 26.4 Å². The first-order chi connectivity index (χ1) is 8.37. The molecule has 0 aliphatic heterocycles. The molecule has 0 spiro atoms. The highest BCUT2D eigenvalue weighted by Crippen LogP contribution is 2.26. The maximum atomic E-state index is 11.6. The number of anilines is 1. The molecule has 0 aliphatic carbocycles. The van der Waals surface area contributed by atoms with Crippen LogP contribution in [0.2, 0.25) is 5.02 Å². The predicted molar refractivity (Wildman–Crippen MR) is 71.0 cm³/mol. The number of halogens is 1. The third-order valence-electron chi connectivity index (χ3n) is 2.15. The van der Waals surface area contributed by atoms with Crippen molar-refractivity contribution in [3.63, 3.8) is 0 Å². The molecule has 2 aromatic heterocycles. The fraction of sp³-hybridized carbons (Fsp3) is 0.333. The molecule has 0 radical (unpaired) electrons. The maximum absolute atomic E-state index is 11.6. The number of pyridine rings is 1. The predicted octanol–water partition coefficient (Wildman–Crippen LogP) is 3.56. The molecule has 2 aromatic rings. The number of hydrogen-bond donors (Lipinski definition) is 2. The topological polar surface area (TPSA) is 67.0 Å². The molecule has 0 saturated heterocycles. The van der Waals surface area contributed by atoms with Crippen LogP contribution in [0.3, 0.4) is 0 Å². The Morgan fingerprint density at radius 2 is 2.22 bits per heavy atom. The van der Waals surface area contributed by atoms with Crippen LogP contribution in [0, 0.1) is 0 Å². The zero-order valence-corrected chi connectivity index (χ0v) is 11.1. The Kier molecular flexibility index (Phi) is 3.17. The quantitative estimate of drug-likeness (QED) is 0.830. The van der Waals surface area contributed by atoms with Crippen molar-refractivity contribution >= 4 is 34.4 Å². The lowest BCUT2D eigenvalue weighted by Crippen LogP contribution is -2.27. The van der Waals surface area contributed by atoms with Gasteiger partial charge in [-0.3, -0.25) is 10.3 Å². The molecular formula is C12H14ClN3O2. The van der Waals surface area contributed by atoms with Crippen LogP contribution in [0.4, 0.5) is 10.5 Å². The first kappa shape index (κ1) is 12.7. The largest absolute Gasteiger partial charge is 0.444 e. The molecule has 2 heterocycles. The minimum Gasteiger partial charge on any atom is -0.444 e. The Morgan fingerprint density at radius 3 is 2.89 bits per heavy atom. The van der Waals surface area contributed by atoms with E-state index < -0.39 is 11.7 Å². The van der Waals surface area contributed by atoms with Gasteiger partial charge in [0.2, 0.25) is 0 Å². The number of nitrogens with zero attached hydrogens (tertiary/aromatic N) is 1. The summed E-state index contributed by atoms with van der Waals surface area (Å²) in [5.41, 5.74) is 1.29. The summed E-state index contributed by atoms with van der Waals surface area (Å²) in [7, 11) is 0. The number of aromatic amines is 1. The number of rotatable bonds is 1. The summed E-state index contributed by atoms with van der Waals surface area (Å²) < 4.78 is 5.17. The SMILES string of the molecule is CC(C)(C)OC(=O)Nc1c[nH]c2c(Cl)ccnc12. The van der Waals surface area contributed by atoms with Gasteiger partial charge in [-0.2, -0.15) is 0 Å². The molecular weight excluding hydrogens is 254 g/mol. The van der Waals surface area contributed by atoms with Crippen LogP contribution in [-0.2, 0) is 4.74 Å². The normalized spacial score (nSPS) is 11.6. The molecule has 5 nitrogen and oxygen atoms in total. The van der Waals surface area contributed by atoms with Crippen LogP contribution < -0.4 is 5.32 Å². The van der Waals surface area contributed by atoms with E-state index >= 15 is 0 Å². The number of hydrogen-bond acceptors (Lipinski definition) is 3. The van der Waals surface area contributed by atoms with Gasteiger partial charge in [-0.15, -0.1) is 0 Å². The van der Waals surface area contributed by atoms with Gasteiger partial charge in [-0.25, -0.2) is 4.79 Å². The van der Waals surface area contributed by atoms with Crippen molar-refractivity contribution in [2.75, 3.05) is 5.32 Å². The van der Waals surface area contributed by atoms with Crippen molar-refractivity contribution < 1.29 is 9.53 Å². The van der Waals surface area contributed by atoms with Crippen LogP contribution in [-0.4, -0.2) is 21.7 Å². The summed E-state index contributed by atoms with van der Waals surface area (Å²) in [5, 5.41) is 3.19. The molecule has 18 heavy (non-hydrogen) atoms. The lowest BCUT2D eigenvalue weighted by molar-refractivity contribution is 0.0636. The number of fused-ring (bicyclic) bond motifs is 1. The van der Waals surface area contributed by atoms with Gasteiger partial charge in [-0.05, 0) is 26.8 Å². The lowest BCUT2D eigenvalue weighted by atomic mass is 10.2. The van der Waals surface area contributed by atoms with Gasteiger partial charge < -0.3 is 9.72 Å². The fourth-order valence-electron chi connectivity index (χ4n) is 1.50. The maximum Gasteiger partial charge on any atom is 0.412 e. The third-order valence-corrected chi connectivity index (χ3v) is 2.47. The van der Waals surface area contributed by atoms with Gasteiger partial charge in [0.1, 0.15) is 11.1 Å². The number of ether oxygens (including phenoxy) is 1. The van der Waals surface area contributed by atoms with E-state index in [9.17, 15) is 4.79 Å². The van der Waals surface area contributed by atoms with Crippen molar-refractivity contribution in [3.8, 4) is 0 Å². The van der Waals surface area contributed by atoms with E-state index in [-0.39, 0.29) is 0 Å². The van der Waals surface area contributed by atoms with Gasteiger partial charge in [0, 0.05) is 12.4 Å². The number of nitrogens with one attached hydrogen (secondary N) is 2. The molecule has 0 atom stereocenters. The van der Waals surface area contributed by atoms with E-state index in [2.05, 4.69) is 15.3 Å². The van der Waals surface area contributed by atoms with E-state index in [0.717, 1.165) is 0 Å². The number of amides is 1. The first-order valence-corrected chi connectivity index (χ1v) is 5.86. The van der Waals surface area contributed by atoms with E-state index in [4.69, 9.17) is 16.3 Å². The summed E-state index contributed by atoms with van der Waals surface area (Å²) in [6.07, 6.45) is 2.69. The molecule has 0 bridgehead atoms. The van der Waals surface area contributed by atoms with Gasteiger partial charge >= 0.3 is 6.09 Å². The molecule has 0 aromatic carbocycles. The average molecular weight is 268 g/mol. The summed E-state index contributed by atoms with van der Waals surface area (Å²) in [6, 6.07) is 1.68. The standard InChI is InChI=1S/C12H14ClN3O2/c1-12(2,3)18-11(17)16-8-6-15-9-7(13)4-5-14-10(8)9/h4-6,15H,1-3H3,(H,16,17). The molecule has 1 amide bonds. The van der Waals surface area contributed by atoms with Gasteiger partial charge in [0.15, 0.2) is 0 Å². The number of aromatic nitrogens is 2. The Labute approximate surface area is 109 Å². The lowest BCUT2D eigenvalue weighted by Gasteiger charge is -2.19. The molecule has 0 aliphatic rings. The van der Waals surface area contributed by atoms with Crippen molar-refractivity contribution in [3.05, 3.63) is 23.5 Å². The Balaban J connectivity index is 2.23. The van der Waals surface area contributed by atoms with E-state index in [1.165, 1.54) is 0 Å². The highest BCUT2D eigenvalue weighted by atomic mass is 35.5. The smallest absolute Gasteiger partial charge is 0.412 e. The van der Waals surface area contributed by atoms with Crippen LogP contribution in [0.25, 0.3) is 11.0 Å². The Hall–Kier alpha value is -1.75. The highest BCUT2D eigenvalue weighted by Gasteiger charge is 2.18. The fourth-order valence-corrected chi connectivity index (χ4v) is 1.70. The molecule has 2 N–H and O–H groups in total. The molecule has 96 valence electrons. The Morgan fingerprint density at radius 1 is 1.50 bits per heavy atom. The van der Waals surface area contributed by atoms with E-state index in [1.807, 2.05) is 0 Å². The van der Waals surface area contributed by atoms with Crippen LogP contribution in [0.15, 0.2) is 18.5 Å². The second kappa shape index (κ2) is 4.49. The number of carbonyl (C=O) groups is 1. The third kappa shape index (κ3) is 2.73. The minimum atomic E-state index is -0.540. The van der Waals surface area contributed by atoms with E-state index in [1.54, 1.807) is 39.2 Å². The Bertz CT molecular complexity index is 587. The molecule has 6 heteroatoms. The summed E-state index contributed by atoms with van der Waals surface area (Å²) >= 11 is 6.00. The zero-order valence-electron chi connectivity index (χ0n) is 10.4. The second-order valence-corrected chi connectivity index (χ2v) is 5.25. The monoisotopic (exact) mass is 267 g/mol. The highest BCUT2D eigenvalue weighted by molar-refractivity contribution is 6.35. The molecule has 2 rings (SSSR count). The van der Waals surface area contributed by atoms with Crippen molar-refractivity contribution in [1.82, 2.24) is 9.97 Å². The zero-order chi connectivity index (χ0) is 13.3. The average Bonchev–Trinajstić information content (AvgIpc) is 2.60. The summed E-state index contributed by atoms with van der Waals surface area (Å²) in [6.45, 7) is 5.41. The van der Waals surface area contributed by atoms with Gasteiger partial charge in [0.05, 0.1) is 16.2 Å². The summed E-state index contributed by atoms with van der Waals surface area (Å²) in [4.78, 5) is 18.8.